The van der Waals surface area contributed by atoms with E-state index < -0.39 is 0 Å². The molecule has 1 aliphatic carbocycles. The van der Waals surface area contributed by atoms with Crippen molar-refractivity contribution in [1.82, 2.24) is 0 Å². The van der Waals surface area contributed by atoms with Gasteiger partial charge in [0.2, 0.25) is 0 Å². The van der Waals surface area contributed by atoms with Gasteiger partial charge < -0.3 is 0 Å². The summed E-state index contributed by atoms with van der Waals surface area (Å²) in [5, 5.41) is 0. The number of hydrogen-bond donors (Lipinski definition) is 0. The predicted octanol–water partition coefficient (Wildman–Crippen LogP) is 4.64. The molecule has 0 bridgehead atoms. The molecule has 0 nitrogen and oxygen atoms in total. The second kappa shape index (κ2) is 8.10. The average molecular weight is 158 g/mol. The molecule has 0 atom stereocenters. The first kappa shape index (κ1) is 13.6. The monoisotopic (exact) mass is 158 g/mol. The highest BCUT2D eigenvalue weighted by Crippen LogP contribution is 2.15. The van der Waals surface area contributed by atoms with Crippen molar-refractivity contribution >= 4 is 0 Å². The van der Waals surface area contributed by atoms with Crippen molar-refractivity contribution in [2.24, 2.45) is 5.41 Å². The zero-order valence-electron chi connectivity index (χ0n) is 9.33. The van der Waals surface area contributed by atoms with Gasteiger partial charge in [-0.1, -0.05) is 67.2 Å². The third-order valence-corrected chi connectivity index (χ3v) is 1.000. The molecular weight excluding hydrogens is 132 g/mol. The Morgan fingerprint density at radius 2 is 0.727 bits per heavy atom. The lowest BCUT2D eigenvalue weighted by molar-refractivity contribution is 0.469. The van der Waals surface area contributed by atoms with E-state index in [0.29, 0.717) is 5.41 Å². The smallest absolute Gasteiger partial charge is 0.0411 e. The molecule has 0 amide bonds. The molecule has 11 heavy (non-hydrogen) atoms. The second-order valence-electron chi connectivity index (χ2n) is 4.41. The molecule has 0 saturated heterocycles. The van der Waals surface area contributed by atoms with E-state index in [1.807, 2.05) is 13.8 Å². The maximum atomic E-state index is 2.19. The Balaban J connectivity index is 0. The SMILES string of the molecule is C1CCC1.CC.CC(C)(C)C. The lowest BCUT2D eigenvalue weighted by atomic mass is 10.0. The Labute approximate surface area is 73.4 Å². The summed E-state index contributed by atoms with van der Waals surface area (Å²) < 4.78 is 0. The Morgan fingerprint density at radius 3 is 0.727 bits per heavy atom. The van der Waals surface area contributed by atoms with E-state index in [1.54, 1.807) is 0 Å². The molecule has 0 N–H and O–H groups in total. The van der Waals surface area contributed by atoms with Crippen LogP contribution in [0.4, 0.5) is 0 Å². The highest BCUT2D eigenvalue weighted by Gasteiger charge is 1.95. The summed E-state index contributed by atoms with van der Waals surface area (Å²) in [6, 6.07) is 0. The molecule has 0 spiro atoms. The minimum absolute atomic E-state index is 0.500. The van der Waals surface area contributed by atoms with Crippen LogP contribution in [0, 0.1) is 5.41 Å². The molecule has 0 aromatic rings. The van der Waals surface area contributed by atoms with E-state index in [1.165, 1.54) is 25.7 Å². The third-order valence-electron chi connectivity index (χ3n) is 1.000. The molecule has 1 aliphatic rings. The first-order valence-electron chi connectivity index (χ1n) is 5.00. The van der Waals surface area contributed by atoms with Gasteiger partial charge in [-0.05, 0) is 5.41 Å². The zero-order chi connectivity index (χ0) is 9.33. The fourth-order valence-corrected chi connectivity index (χ4v) is 0.250. The normalized spacial score (nSPS) is 14.7. The molecule has 0 aromatic carbocycles. The van der Waals surface area contributed by atoms with Crippen LogP contribution < -0.4 is 0 Å². The summed E-state index contributed by atoms with van der Waals surface area (Å²) in [5.41, 5.74) is 0.500. The van der Waals surface area contributed by atoms with Gasteiger partial charge in [0.1, 0.15) is 0 Å². The van der Waals surface area contributed by atoms with Gasteiger partial charge in [0.15, 0.2) is 0 Å². The molecule has 70 valence electrons. The third kappa shape index (κ3) is 40.0. The van der Waals surface area contributed by atoms with Crippen LogP contribution in [0.15, 0.2) is 0 Å². The van der Waals surface area contributed by atoms with Gasteiger partial charge in [0.05, 0.1) is 0 Å². The van der Waals surface area contributed by atoms with Crippen LogP contribution in [0.5, 0.6) is 0 Å². The second-order valence-corrected chi connectivity index (χ2v) is 4.41. The van der Waals surface area contributed by atoms with Gasteiger partial charge in [-0.3, -0.25) is 0 Å². The topological polar surface area (TPSA) is 0 Å². The highest BCUT2D eigenvalue weighted by molar-refractivity contribution is 4.50. The van der Waals surface area contributed by atoms with Crippen molar-refractivity contribution in [2.75, 3.05) is 0 Å². The van der Waals surface area contributed by atoms with Crippen LogP contribution in [0.1, 0.15) is 67.2 Å². The quantitative estimate of drug-likeness (QED) is 0.482. The van der Waals surface area contributed by atoms with Gasteiger partial charge in [-0.2, -0.15) is 0 Å². The van der Waals surface area contributed by atoms with Crippen LogP contribution in [0.2, 0.25) is 0 Å². The van der Waals surface area contributed by atoms with E-state index >= 15 is 0 Å². The van der Waals surface area contributed by atoms with Crippen molar-refractivity contribution in [3.8, 4) is 0 Å². The van der Waals surface area contributed by atoms with E-state index in [4.69, 9.17) is 0 Å². The van der Waals surface area contributed by atoms with Crippen LogP contribution >= 0.6 is 0 Å². The number of rotatable bonds is 0. The van der Waals surface area contributed by atoms with Crippen molar-refractivity contribution in [1.29, 1.82) is 0 Å². The van der Waals surface area contributed by atoms with Crippen LogP contribution in [-0.2, 0) is 0 Å². The summed E-state index contributed by atoms with van der Waals surface area (Å²) in [5.74, 6) is 0. The summed E-state index contributed by atoms with van der Waals surface area (Å²) in [4.78, 5) is 0. The summed E-state index contributed by atoms with van der Waals surface area (Å²) in [7, 11) is 0. The van der Waals surface area contributed by atoms with E-state index in [9.17, 15) is 0 Å². The summed E-state index contributed by atoms with van der Waals surface area (Å²) in [6.07, 6.45) is 6.00. The van der Waals surface area contributed by atoms with Crippen molar-refractivity contribution < 1.29 is 0 Å². The predicted molar refractivity (Wildman–Crippen MR) is 54.9 cm³/mol. The molecule has 0 aliphatic heterocycles. The zero-order valence-corrected chi connectivity index (χ0v) is 9.33. The molecule has 0 radical (unpaired) electrons. The van der Waals surface area contributed by atoms with Gasteiger partial charge in [-0.15, -0.1) is 0 Å². The molecule has 1 saturated carbocycles. The fraction of sp³-hybridized carbons (Fsp3) is 1.00. The lowest BCUT2D eigenvalue weighted by Crippen LogP contribution is -1.93. The van der Waals surface area contributed by atoms with Crippen LogP contribution in [0.3, 0.4) is 0 Å². The molecule has 0 aromatic heterocycles. The van der Waals surface area contributed by atoms with Gasteiger partial charge >= 0.3 is 0 Å². The largest absolute Gasteiger partial charge is 0.0683 e. The van der Waals surface area contributed by atoms with Crippen molar-refractivity contribution in [3.05, 3.63) is 0 Å². The summed E-state index contributed by atoms with van der Waals surface area (Å²) in [6.45, 7) is 12.8. The minimum Gasteiger partial charge on any atom is -0.0683 e. The average Bonchev–Trinajstić information content (AvgIpc) is 1.59. The Hall–Kier alpha value is 0. The Bertz CT molecular complexity index is 42.9. The van der Waals surface area contributed by atoms with Crippen LogP contribution in [-0.4, -0.2) is 0 Å². The Morgan fingerprint density at radius 1 is 0.636 bits per heavy atom. The molecule has 1 fully saturated rings. The van der Waals surface area contributed by atoms with E-state index in [0.717, 1.165) is 0 Å². The van der Waals surface area contributed by atoms with Gasteiger partial charge in [-0.25, -0.2) is 0 Å². The maximum absolute atomic E-state index is 2.19. The fourth-order valence-electron chi connectivity index (χ4n) is 0.250. The van der Waals surface area contributed by atoms with E-state index in [-0.39, 0.29) is 0 Å². The molecule has 0 heterocycles. The van der Waals surface area contributed by atoms with Gasteiger partial charge in [0.25, 0.3) is 0 Å². The first-order chi connectivity index (χ1) is 5.00. The highest BCUT2D eigenvalue weighted by atomic mass is 14.0. The first-order valence-corrected chi connectivity index (χ1v) is 5.00. The van der Waals surface area contributed by atoms with Crippen molar-refractivity contribution in [2.45, 2.75) is 67.2 Å². The van der Waals surface area contributed by atoms with Gasteiger partial charge in [0, 0.05) is 0 Å². The van der Waals surface area contributed by atoms with Crippen LogP contribution in [0.25, 0.3) is 0 Å². The number of hydrogen-bond acceptors (Lipinski definition) is 0. The molecular formula is C11H26. The molecule has 1 rings (SSSR count). The Kier molecular flexibility index (Phi) is 10.0. The standard InChI is InChI=1S/C5H12.C4H8.C2H6/c1-5(2,3)4;1-2-4-3-1;1-2/h1-4H3;1-4H2;1-2H3. The molecule has 0 heteroatoms. The minimum atomic E-state index is 0.500. The lowest BCUT2D eigenvalue weighted by Gasteiger charge is -2.05. The summed E-state index contributed by atoms with van der Waals surface area (Å²) >= 11 is 0. The van der Waals surface area contributed by atoms with Crippen molar-refractivity contribution in [3.63, 3.8) is 0 Å². The maximum Gasteiger partial charge on any atom is -0.0411 e. The molecule has 0 unspecified atom stereocenters. The van der Waals surface area contributed by atoms with E-state index in [2.05, 4.69) is 27.7 Å².